The maximum absolute atomic E-state index is 6.11. The number of nitrogens with zero attached hydrogens (tertiary/aromatic N) is 6. The maximum Gasteiger partial charge on any atom is 0.180 e. The zero-order chi connectivity index (χ0) is 23.5. The number of nitrogens with two attached hydrogens (primary N) is 1. The summed E-state index contributed by atoms with van der Waals surface area (Å²) >= 11 is 0. The van der Waals surface area contributed by atoms with E-state index >= 15 is 0 Å². The van der Waals surface area contributed by atoms with Gasteiger partial charge in [-0.15, -0.1) is 0 Å². The van der Waals surface area contributed by atoms with Gasteiger partial charge in [0.2, 0.25) is 0 Å². The lowest BCUT2D eigenvalue weighted by Gasteiger charge is -2.45. The Kier molecular flexibility index (Phi) is 6.00. The molecule has 8 heteroatoms. The van der Waals surface area contributed by atoms with E-state index in [0.717, 1.165) is 36.8 Å². The fourth-order valence-electron chi connectivity index (χ4n) is 4.19. The molecule has 4 aromatic rings. The van der Waals surface area contributed by atoms with Crippen molar-refractivity contribution >= 4 is 11.6 Å². The lowest BCUT2D eigenvalue weighted by molar-refractivity contribution is 0.0764. The summed E-state index contributed by atoms with van der Waals surface area (Å²) in [6, 6.07) is 18.1. The number of aromatic nitrogens is 5. The van der Waals surface area contributed by atoms with Gasteiger partial charge in [-0.2, -0.15) is 0 Å². The van der Waals surface area contributed by atoms with Crippen LogP contribution in [0.15, 0.2) is 67.0 Å². The first kappa shape index (κ1) is 22.1. The number of benzene rings is 1. The van der Waals surface area contributed by atoms with Gasteiger partial charge in [0.05, 0.1) is 0 Å². The summed E-state index contributed by atoms with van der Waals surface area (Å²) in [5.41, 5.74) is 10.2. The Hall–Kier alpha value is -3.75. The minimum Gasteiger partial charge on any atom is -0.325 e. The molecule has 3 N–H and O–H groups in total. The molecule has 8 nitrogen and oxygen atoms in total. The van der Waals surface area contributed by atoms with Crippen LogP contribution in [0.1, 0.15) is 29.6 Å². The molecule has 4 heterocycles. The molecule has 0 atom stereocenters. The summed E-state index contributed by atoms with van der Waals surface area (Å²) < 4.78 is 0. The van der Waals surface area contributed by atoms with E-state index in [1.807, 2.05) is 37.3 Å². The van der Waals surface area contributed by atoms with Crippen molar-refractivity contribution < 1.29 is 0 Å². The summed E-state index contributed by atoms with van der Waals surface area (Å²) in [6.45, 7) is 6.86. The molecule has 0 amide bonds. The lowest BCUT2D eigenvalue weighted by Crippen LogP contribution is -2.64. The zero-order valence-corrected chi connectivity index (χ0v) is 19.4. The van der Waals surface area contributed by atoms with Crippen molar-refractivity contribution in [2.75, 3.05) is 18.4 Å². The van der Waals surface area contributed by atoms with Crippen molar-refractivity contribution in [2.24, 2.45) is 5.73 Å². The zero-order valence-electron chi connectivity index (χ0n) is 19.4. The number of likely N-dealkylation sites (tertiary alicyclic amines) is 1. The molecule has 1 aliphatic heterocycles. The highest BCUT2D eigenvalue weighted by atomic mass is 15.2. The Bertz CT molecular complexity index is 1280. The third-order valence-electron chi connectivity index (χ3n) is 5.70. The normalized spacial score (nSPS) is 15.0. The quantitative estimate of drug-likeness (QED) is 0.439. The summed E-state index contributed by atoms with van der Waals surface area (Å²) in [6.07, 6.45) is 4.13. The van der Waals surface area contributed by atoms with E-state index in [2.05, 4.69) is 66.3 Å². The number of aryl methyl sites for hydroxylation is 1. The Balaban J connectivity index is 1.23. The Labute approximate surface area is 199 Å². The van der Waals surface area contributed by atoms with Gasteiger partial charge >= 0.3 is 0 Å². The summed E-state index contributed by atoms with van der Waals surface area (Å²) in [5, 5.41) is 3.26. The maximum atomic E-state index is 6.11. The highest BCUT2D eigenvalue weighted by Crippen LogP contribution is 2.21. The van der Waals surface area contributed by atoms with E-state index in [-0.39, 0.29) is 5.54 Å². The molecule has 5 rings (SSSR count). The number of rotatable bonds is 7. The van der Waals surface area contributed by atoms with Crippen molar-refractivity contribution in [3.8, 4) is 11.5 Å². The second kappa shape index (κ2) is 9.24. The average Bonchev–Trinajstić information content (AvgIpc) is 2.80. The number of pyridine rings is 1. The number of nitrogens with one attached hydrogen (secondary N) is 1. The molecule has 0 saturated carbocycles. The number of hydrogen-bond donors (Lipinski definition) is 2. The molecular formula is C26H28N8. The van der Waals surface area contributed by atoms with Gasteiger partial charge in [-0.1, -0.05) is 30.3 Å². The number of anilines is 2. The van der Waals surface area contributed by atoms with Gasteiger partial charge in [0.15, 0.2) is 5.82 Å². The molecule has 0 radical (unpaired) electrons. The topological polar surface area (TPSA) is 106 Å². The van der Waals surface area contributed by atoms with Gasteiger partial charge in [-0.25, -0.2) is 24.9 Å². The van der Waals surface area contributed by atoms with Crippen molar-refractivity contribution in [3.63, 3.8) is 0 Å². The van der Waals surface area contributed by atoms with E-state index in [0.29, 0.717) is 23.9 Å². The van der Waals surface area contributed by atoms with Gasteiger partial charge in [0, 0.05) is 49.7 Å². The largest absolute Gasteiger partial charge is 0.325 e. The second-order valence-corrected chi connectivity index (χ2v) is 9.21. The Morgan fingerprint density at radius 2 is 1.59 bits per heavy atom. The molecule has 0 aliphatic carbocycles. The highest BCUT2D eigenvalue weighted by molar-refractivity contribution is 5.56. The van der Waals surface area contributed by atoms with Crippen molar-refractivity contribution in [3.05, 3.63) is 89.6 Å². The summed E-state index contributed by atoms with van der Waals surface area (Å²) in [7, 11) is 0. The first-order valence-electron chi connectivity index (χ1n) is 11.4. The standard InChI is InChI=1S/C26H28N8/c1-18-4-3-5-21(30-18)25-29-13-11-23(33-25)31-22-10-12-28-24(32-22)14-19-6-8-20(9-7-19)15-34-16-26(2,27)17-34/h3-13H,14-17,27H2,1-2H3,(H,28,29,31,32,33). The van der Waals surface area contributed by atoms with Crippen LogP contribution in [0.25, 0.3) is 11.5 Å². The van der Waals surface area contributed by atoms with E-state index in [4.69, 9.17) is 5.73 Å². The van der Waals surface area contributed by atoms with E-state index < -0.39 is 0 Å². The van der Waals surface area contributed by atoms with Crippen molar-refractivity contribution in [1.29, 1.82) is 0 Å². The van der Waals surface area contributed by atoms with Crippen molar-refractivity contribution in [1.82, 2.24) is 29.8 Å². The van der Waals surface area contributed by atoms with Crippen LogP contribution in [0.4, 0.5) is 11.6 Å². The second-order valence-electron chi connectivity index (χ2n) is 9.21. The predicted molar refractivity (Wildman–Crippen MR) is 132 cm³/mol. The first-order chi connectivity index (χ1) is 16.4. The lowest BCUT2D eigenvalue weighted by atomic mass is 9.93. The molecule has 34 heavy (non-hydrogen) atoms. The minimum atomic E-state index is -0.0405. The van der Waals surface area contributed by atoms with Gasteiger partial charge in [-0.05, 0) is 49.2 Å². The van der Waals surface area contributed by atoms with Gasteiger partial charge in [0.1, 0.15) is 23.2 Å². The SMILES string of the molecule is Cc1cccc(-c2nccc(Nc3ccnc(Cc4ccc(CN5CC(C)(N)C5)cc4)n3)n2)n1. The fourth-order valence-corrected chi connectivity index (χ4v) is 4.19. The molecule has 0 bridgehead atoms. The molecular weight excluding hydrogens is 424 g/mol. The molecule has 1 aromatic carbocycles. The highest BCUT2D eigenvalue weighted by Gasteiger charge is 2.34. The molecule has 1 fully saturated rings. The Morgan fingerprint density at radius 1 is 0.882 bits per heavy atom. The van der Waals surface area contributed by atoms with Crippen LogP contribution in [0.3, 0.4) is 0 Å². The monoisotopic (exact) mass is 452 g/mol. The first-order valence-corrected chi connectivity index (χ1v) is 11.4. The smallest absolute Gasteiger partial charge is 0.180 e. The minimum absolute atomic E-state index is 0.0405. The molecule has 0 unspecified atom stereocenters. The number of hydrogen-bond acceptors (Lipinski definition) is 8. The van der Waals surface area contributed by atoms with E-state index in [9.17, 15) is 0 Å². The van der Waals surface area contributed by atoms with Crippen LogP contribution in [0.2, 0.25) is 0 Å². The summed E-state index contributed by atoms with van der Waals surface area (Å²) in [5.74, 6) is 2.65. The van der Waals surface area contributed by atoms with E-state index in [1.54, 1.807) is 12.4 Å². The van der Waals surface area contributed by atoms with Crippen LogP contribution in [0.5, 0.6) is 0 Å². The van der Waals surface area contributed by atoms with Crippen LogP contribution in [0, 0.1) is 6.92 Å². The van der Waals surface area contributed by atoms with E-state index in [1.165, 1.54) is 11.1 Å². The van der Waals surface area contributed by atoms with Crippen LogP contribution < -0.4 is 11.1 Å². The van der Waals surface area contributed by atoms with Gasteiger partial charge in [0.25, 0.3) is 0 Å². The van der Waals surface area contributed by atoms with Gasteiger partial charge < -0.3 is 11.1 Å². The third kappa shape index (κ3) is 5.41. The predicted octanol–water partition coefficient (Wildman–Crippen LogP) is 3.50. The molecule has 1 saturated heterocycles. The molecule has 3 aromatic heterocycles. The van der Waals surface area contributed by atoms with Gasteiger partial charge in [-0.3, -0.25) is 4.90 Å². The fraction of sp³-hybridized carbons (Fsp3) is 0.269. The van der Waals surface area contributed by atoms with Crippen LogP contribution in [-0.2, 0) is 13.0 Å². The van der Waals surface area contributed by atoms with Crippen LogP contribution in [-0.4, -0.2) is 48.4 Å². The van der Waals surface area contributed by atoms with Crippen LogP contribution >= 0.6 is 0 Å². The molecule has 172 valence electrons. The van der Waals surface area contributed by atoms with Crippen molar-refractivity contribution in [2.45, 2.75) is 32.4 Å². The third-order valence-corrected chi connectivity index (χ3v) is 5.70. The summed E-state index contributed by atoms with van der Waals surface area (Å²) in [4.78, 5) is 24.9. The molecule has 0 spiro atoms. The molecule has 1 aliphatic rings. The Morgan fingerprint density at radius 3 is 2.32 bits per heavy atom. The average molecular weight is 453 g/mol.